The van der Waals surface area contributed by atoms with Gasteiger partial charge in [0, 0.05) is 10.5 Å². The molecular formula is C13H11BrN4O4S. The molecule has 2 rings (SSSR count). The molecule has 0 amide bonds. The topological polar surface area (TPSA) is 128 Å². The van der Waals surface area contributed by atoms with Crippen LogP contribution >= 0.6 is 15.9 Å². The Morgan fingerprint density at radius 2 is 1.87 bits per heavy atom. The van der Waals surface area contributed by atoms with Gasteiger partial charge in [0.25, 0.3) is 5.69 Å². The summed E-state index contributed by atoms with van der Waals surface area (Å²) in [6.45, 7) is 0. The number of benzene rings is 2. The zero-order valence-corrected chi connectivity index (χ0v) is 13.9. The first-order valence-electron chi connectivity index (χ1n) is 6.13. The van der Waals surface area contributed by atoms with Crippen molar-refractivity contribution in [1.82, 2.24) is 0 Å². The molecule has 0 heterocycles. The number of nitro groups is 1. The van der Waals surface area contributed by atoms with E-state index in [0.29, 0.717) is 0 Å². The Balaban J connectivity index is 2.25. The van der Waals surface area contributed by atoms with Crippen molar-refractivity contribution in [2.24, 2.45) is 10.2 Å². The average Bonchev–Trinajstić information content (AvgIpc) is 2.48. The highest BCUT2D eigenvalue weighted by atomic mass is 79.9. The molecule has 0 radical (unpaired) electrons. The second-order valence-electron chi connectivity index (χ2n) is 4.40. The minimum absolute atomic E-state index is 0.0516. The van der Waals surface area contributed by atoms with Crippen molar-refractivity contribution in [2.75, 3.05) is 5.43 Å². The normalized spacial score (nSPS) is 11.6. The molecule has 0 aliphatic carbocycles. The molecule has 3 N–H and O–H groups in total. The molecule has 0 aliphatic rings. The predicted octanol–water partition coefficient (Wildman–Crippen LogP) is 2.45. The lowest BCUT2D eigenvalue weighted by Crippen LogP contribution is -2.12. The minimum Gasteiger partial charge on any atom is -0.272 e. The van der Waals surface area contributed by atoms with Crippen LogP contribution in [0.2, 0.25) is 0 Å². The van der Waals surface area contributed by atoms with E-state index in [4.69, 9.17) is 5.14 Å². The van der Waals surface area contributed by atoms with E-state index in [1.807, 2.05) is 12.1 Å². The summed E-state index contributed by atoms with van der Waals surface area (Å²) in [6, 6.07) is 10.5. The number of hydrogen-bond donors (Lipinski definition) is 2. The molecule has 2 aromatic rings. The SMILES string of the molecule is NS(=O)(=O)c1ccc(NN=Cc2ccc(Br)cc2)c([N+](=O)[O-])c1. The summed E-state index contributed by atoms with van der Waals surface area (Å²) < 4.78 is 23.4. The van der Waals surface area contributed by atoms with Gasteiger partial charge in [0.1, 0.15) is 5.69 Å². The van der Waals surface area contributed by atoms with Crippen LogP contribution in [0.25, 0.3) is 0 Å². The van der Waals surface area contributed by atoms with Crippen molar-refractivity contribution in [3.05, 3.63) is 62.6 Å². The maximum Gasteiger partial charge on any atom is 0.295 e. The number of nitrogens with zero attached hydrogens (tertiary/aromatic N) is 2. The first-order valence-corrected chi connectivity index (χ1v) is 8.47. The maximum absolute atomic E-state index is 11.2. The molecule has 0 aliphatic heterocycles. The molecule has 0 fully saturated rings. The fourth-order valence-electron chi connectivity index (χ4n) is 1.66. The summed E-state index contributed by atoms with van der Waals surface area (Å²) in [5.41, 5.74) is 2.91. The Hall–Kier alpha value is -2.30. The number of halogens is 1. The van der Waals surface area contributed by atoms with Crippen molar-refractivity contribution in [3.63, 3.8) is 0 Å². The number of primary sulfonamides is 1. The van der Waals surface area contributed by atoms with Gasteiger partial charge in [0.2, 0.25) is 10.0 Å². The monoisotopic (exact) mass is 398 g/mol. The number of rotatable bonds is 5. The third-order valence-electron chi connectivity index (χ3n) is 2.76. The third-order valence-corrected chi connectivity index (χ3v) is 4.20. The Morgan fingerprint density at radius 3 is 2.43 bits per heavy atom. The molecule has 0 saturated heterocycles. The molecule has 0 saturated carbocycles. The van der Waals surface area contributed by atoms with Crippen LogP contribution in [0.4, 0.5) is 11.4 Å². The van der Waals surface area contributed by atoms with E-state index in [-0.39, 0.29) is 10.6 Å². The maximum atomic E-state index is 11.2. The Labute approximate surface area is 140 Å². The van der Waals surface area contributed by atoms with Gasteiger partial charge in [-0.3, -0.25) is 15.5 Å². The van der Waals surface area contributed by atoms with E-state index >= 15 is 0 Å². The molecule has 0 spiro atoms. The fourth-order valence-corrected chi connectivity index (χ4v) is 2.46. The van der Waals surface area contributed by atoms with Crippen LogP contribution in [0.1, 0.15) is 5.56 Å². The number of nitrogens with one attached hydrogen (secondary N) is 1. The largest absolute Gasteiger partial charge is 0.295 e. The number of hydrogen-bond acceptors (Lipinski definition) is 6. The molecule has 120 valence electrons. The van der Waals surface area contributed by atoms with E-state index in [1.165, 1.54) is 18.3 Å². The Bertz CT molecular complexity index is 866. The van der Waals surface area contributed by atoms with Gasteiger partial charge >= 0.3 is 0 Å². The zero-order valence-electron chi connectivity index (χ0n) is 11.5. The van der Waals surface area contributed by atoms with Crippen LogP contribution in [0.15, 0.2) is 56.9 Å². The van der Waals surface area contributed by atoms with Gasteiger partial charge in [-0.05, 0) is 29.8 Å². The highest BCUT2D eigenvalue weighted by Crippen LogP contribution is 2.27. The van der Waals surface area contributed by atoms with Crippen LogP contribution in [-0.4, -0.2) is 19.6 Å². The Morgan fingerprint density at radius 1 is 1.22 bits per heavy atom. The number of hydrazone groups is 1. The van der Waals surface area contributed by atoms with Gasteiger partial charge in [0.05, 0.1) is 16.0 Å². The number of nitro benzene ring substituents is 1. The highest BCUT2D eigenvalue weighted by molar-refractivity contribution is 9.10. The fraction of sp³-hybridized carbons (Fsp3) is 0. The molecule has 0 atom stereocenters. The summed E-state index contributed by atoms with van der Waals surface area (Å²) >= 11 is 3.30. The molecule has 2 aromatic carbocycles. The van der Waals surface area contributed by atoms with Gasteiger partial charge < -0.3 is 0 Å². The second-order valence-corrected chi connectivity index (χ2v) is 6.88. The summed E-state index contributed by atoms with van der Waals surface area (Å²) in [5.74, 6) is 0. The van der Waals surface area contributed by atoms with Gasteiger partial charge in [-0.25, -0.2) is 13.6 Å². The molecule has 23 heavy (non-hydrogen) atoms. The van der Waals surface area contributed by atoms with Gasteiger partial charge in [0.15, 0.2) is 0 Å². The average molecular weight is 399 g/mol. The molecule has 0 bridgehead atoms. The standard InChI is InChI=1S/C13H11BrN4O4S/c14-10-3-1-9(2-4-10)8-16-17-12-6-5-11(23(15,21)22)7-13(12)18(19)20/h1-8,17H,(H2,15,21,22). The van der Waals surface area contributed by atoms with Crippen molar-refractivity contribution < 1.29 is 13.3 Å². The summed E-state index contributed by atoms with van der Waals surface area (Å²) in [6.07, 6.45) is 1.48. The molecule has 10 heteroatoms. The van der Waals surface area contributed by atoms with E-state index in [2.05, 4.69) is 26.5 Å². The lowest BCUT2D eigenvalue weighted by atomic mass is 10.2. The van der Waals surface area contributed by atoms with Crippen molar-refractivity contribution in [2.45, 2.75) is 4.90 Å². The number of nitrogens with two attached hydrogens (primary N) is 1. The lowest BCUT2D eigenvalue weighted by molar-refractivity contribution is -0.384. The first kappa shape index (κ1) is 17.1. The third kappa shape index (κ3) is 4.58. The molecule has 8 nitrogen and oxygen atoms in total. The van der Waals surface area contributed by atoms with Crippen molar-refractivity contribution in [1.29, 1.82) is 0 Å². The summed E-state index contributed by atoms with van der Waals surface area (Å²) in [7, 11) is -4.02. The lowest BCUT2D eigenvalue weighted by Gasteiger charge is -2.04. The van der Waals surface area contributed by atoms with Crippen molar-refractivity contribution >= 4 is 43.5 Å². The van der Waals surface area contributed by atoms with Gasteiger partial charge in [-0.2, -0.15) is 5.10 Å². The first-order chi connectivity index (χ1) is 10.8. The van der Waals surface area contributed by atoms with Crippen LogP contribution < -0.4 is 10.6 Å². The van der Waals surface area contributed by atoms with E-state index in [0.717, 1.165) is 16.1 Å². The second kappa shape index (κ2) is 6.86. The summed E-state index contributed by atoms with van der Waals surface area (Å²) in [5, 5.41) is 19.9. The van der Waals surface area contributed by atoms with E-state index in [9.17, 15) is 18.5 Å². The highest BCUT2D eigenvalue weighted by Gasteiger charge is 2.18. The molecule has 0 unspecified atom stereocenters. The summed E-state index contributed by atoms with van der Waals surface area (Å²) in [4.78, 5) is 9.99. The minimum atomic E-state index is -4.02. The zero-order chi connectivity index (χ0) is 17.0. The number of anilines is 1. The van der Waals surface area contributed by atoms with E-state index < -0.39 is 20.6 Å². The van der Waals surface area contributed by atoms with Crippen LogP contribution in [0.3, 0.4) is 0 Å². The number of sulfonamides is 1. The van der Waals surface area contributed by atoms with E-state index in [1.54, 1.807) is 12.1 Å². The van der Waals surface area contributed by atoms with Crippen molar-refractivity contribution in [3.8, 4) is 0 Å². The smallest absolute Gasteiger partial charge is 0.272 e. The quantitative estimate of drug-likeness (QED) is 0.454. The molecular weight excluding hydrogens is 388 g/mol. The Kier molecular flexibility index (Phi) is 5.08. The van der Waals surface area contributed by atoms with Crippen LogP contribution in [0, 0.1) is 10.1 Å². The molecule has 0 aromatic heterocycles. The van der Waals surface area contributed by atoms with Crippen LogP contribution in [0.5, 0.6) is 0 Å². The van der Waals surface area contributed by atoms with Gasteiger partial charge in [-0.1, -0.05) is 28.1 Å². The van der Waals surface area contributed by atoms with Gasteiger partial charge in [-0.15, -0.1) is 0 Å². The van der Waals surface area contributed by atoms with Crippen LogP contribution in [-0.2, 0) is 10.0 Å². The predicted molar refractivity (Wildman–Crippen MR) is 89.8 cm³/mol.